The van der Waals surface area contributed by atoms with E-state index in [0.717, 1.165) is 13.4 Å². The minimum absolute atomic E-state index is 0.141. The summed E-state index contributed by atoms with van der Waals surface area (Å²) >= 11 is 2.15. The number of nitrogens with zero attached hydrogens (tertiary/aromatic N) is 1. The van der Waals surface area contributed by atoms with Crippen LogP contribution in [0, 0.1) is 3.57 Å². The molecule has 0 saturated carbocycles. The molecule has 0 saturated heterocycles. The van der Waals surface area contributed by atoms with Crippen LogP contribution in [0.25, 0.3) is 0 Å². The molecule has 0 aliphatic rings. The molecule has 7 heteroatoms. The first-order chi connectivity index (χ1) is 13.9. The lowest BCUT2D eigenvalue weighted by Crippen LogP contribution is -2.41. The summed E-state index contributed by atoms with van der Waals surface area (Å²) in [7, 11) is -3.89. The number of hydrogen-bond donors (Lipinski definition) is 1. The molecule has 0 aliphatic carbocycles. The first kappa shape index (κ1) is 21.3. The van der Waals surface area contributed by atoms with Crippen molar-refractivity contribution in [1.82, 2.24) is 5.32 Å². The summed E-state index contributed by atoms with van der Waals surface area (Å²) in [4.78, 5) is 12.9. The Hall–Kier alpha value is -2.39. The second kappa shape index (κ2) is 9.41. The maximum Gasteiger partial charge on any atom is 0.264 e. The summed E-state index contributed by atoms with van der Waals surface area (Å²) in [6.45, 7) is 1.56. The lowest BCUT2D eigenvalue weighted by atomic mass is 10.1. The third-order valence-corrected chi connectivity index (χ3v) is 6.92. The summed E-state index contributed by atoms with van der Waals surface area (Å²) in [5.41, 5.74) is 1.39. The van der Waals surface area contributed by atoms with Crippen molar-refractivity contribution in [3.63, 3.8) is 0 Å². The number of benzene rings is 3. The molecule has 1 N–H and O–H groups in total. The van der Waals surface area contributed by atoms with Gasteiger partial charge in [0.25, 0.3) is 10.0 Å². The molecule has 0 unspecified atom stereocenters. The fraction of sp³-hybridized carbons (Fsp3) is 0.136. The van der Waals surface area contributed by atoms with Crippen molar-refractivity contribution in [3.8, 4) is 0 Å². The Bertz CT molecular complexity index is 1060. The minimum atomic E-state index is -3.89. The summed E-state index contributed by atoms with van der Waals surface area (Å²) in [6.07, 6.45) is 0. The van der Waals surface area contributed by atoms with Gasteiger partial charge in [-0.25, -0.2) is 8.42 Å². The van der Waals surface area contributed by atoms with Crippen LogP contribution in [0.5, 0.6) is 0 Å². The summed E-state index contributed by atoms with van der Waals surface area (Å²) in [6, 6.07) is 24.5. The van der Waals surface area contributed by atoms with Crippen molar-refractivity contribution in [2.45, 2.75) is 17.9 Å². The summed E-state index contributed by atoms with van der Waals surface area (Å²) in [5.74, 6) is -0.376. The van der Waals surface area contributed by atoms with Crippen LogP contribution in [0.4, 0.5) is 5.69 Å². The van der Waals surface area contributed by atoms with Gasteiger partial charge in [0.2, 0.25) is 5.91 Å². The van der Waals surface area contributed by atoms with E-state index in [1.165, 1.54) is 12.1 Å². The van der Waals surface area contributed by atoms with E-state index in [9.17, 15) is 13.2 Å². The molecule has 0 heterocycles. The number of anilines is 1. The largest absolute Gasteiger partial charge is 0.348 e. The van der Waals surface area contributed by atoms with Gasteiger partial charge in [0, 0.05) is 3.57 Å². The Morgan fingerprint density at radius 2 is 1.48 bits per heavy atom. The Kier molecular flexibility index (Phi) is 6.92. The van der Waals surface area contributed by atoms with Crippen molar-refractivity contribution >= 4 is 44.2 Å². The van der Waals surface area contributed by atoms with Crippen LogP contribution in [-0.2, 0) is 14.8 Å². The van der Waals surface area contributed by atoms with E-state index in [1.807, 2.05) is 49.4 Å². The van der Waals surface area contributed by atoms with Crippen LogP contribution in [0.3, 0.4) is 0 Å². The molecule has 0 fully saturated rings. The molecule has 0 radical (unpaired) electrons. The quantitative estimate of drug-likeness (QED) is 0.471. The Labute approximate surface area is 184 Å². The fourth-order valence-corrected chi connectivity index (χ4v) is 4.69. The number of carbonyl (C=O) groups excluding carboxylic acids is 1. The third kappa shape index (κ3) is 5.36. The first-order valence-corrected chi connectivity index (χ1v) is 11.6. The van der Waals surface area contributed by atoms with E-state index >= 15 is 0 Å². The average Bonchev–Trinajstić information content (AvgIpc) is 2.74. The lowest BCUT2D eigenvalue weighted by molar-refractivity contribution is -0.120. The topological polar surface area (TPSA) is 66.5 Å². The van der Waals surface area contributed by atoms with Crippen molar-refractivity contribution in [3.05, 3.63) is 94.1 Å². The maximum absolute atomic E-state index is 13.3. The molecule has 150 valence electrons. The van der Waals surface area contributed by atoms with E-state index in [4.69, 9.17) is 0 Å². The van der Waals surface area contributed by atoms with Gasteiger partial charge in [-0.05, 0) is 71.5 Å². The number of carbonyl (C=O) groups is 1. The van der Waals surface area contributed by atoms with Gasteiger partial charge in [0.15, 0.2) is 0 Å². The standard InChI is InChI=1S/C22H21IN2O3S/c1-17(18-8-4-2-5-9-18)24-22(26)16-25(20-14-12-19(23)13-15-20)29(27,28)21-10-6-3-7-11-21/h2-15,17H,16H2,1H3,(H,24,26)/t17-/m0/s1. The van der Waals surface area contributed by atoms with Gasteiger partial charge in [-0.15, -0.1) is 0 Å². The fourth-order valence-electron chi connectivity index (χ4n) is 2.88. The molecule has 3 rings (SSSR count). The zero-order valence-corrected chi connectivity index (χ0v) is 18.8. The Balaban J connectivity index is 1.87. The molecule has 5 nitrogen and oxygen atoms in total. The Morgan fingerprint density at radius 3 is 2.07 bits per heavy atom. The maximum atomic E-state index is 13.3. The van der Waals surface area contributed by atoms with Crippen LogP contribution >= 0.6 is 22.6 Å². The number of halogens is 1. The lowest BCUT2D eigenvalue weighted by Gasteiger charge is -2.25. The molecule has 0 bridgehead atoms. The second-order valence-electron chi connectivity index (χ2n) is 6.50. The van der Waals surface area contributed by atoms with E-state index in [2.05, 4.69) is 27.9 Å². The van der Waals surface area contributed by atoms with Gasteiger partial charge in [0.05, 0.1) is 16.6 Å². The second-order valence-corrected chi connectivity index (χ2v) is 9.61. The highest BCUT2D eigenvalue weighted by molar-refractivity contribution is 14.1. The molecular formula is C22H21IN2O3S. The first-order valence-electron chi connectivity index (χ1n) is 9.05. The van der Waals surface area contributed by atoms with Crippen molar-refractivity contribution in [2.24, 2.45) is 0 Å². The van der Waals surface area contributed by atoms with E-state index < -0.39 is 10.0 Å². The molecule has 0 aromatic heterocycles. The monoisotopic (exact) mass is 520 g/mol. The molecular weight excluding hydrogens is 499 g/mol. The zero-order chi connectivity index (χ0) is 20.9. The highest BCUT2D eigenvalue weighted by Gasteiger charge is 2.27. The molecule has 1 amide bonds. The van der Waals surface area contributed by atoms with E-state index in [-0.39, 0.29) is 23.4 Å². The predicted octanol–water partition coefficient (Wildman–Crippen LogP) is 4.36. The highest BCUT2D eigenvalue weighted by Crippen LogP contribution is 2.24. The SMILES string of the molecule is C[C@H](NC(=O)CN(c1ccc(I)cc1)S(=O)(=O)c1ccccc1)c1ccccc1. The van der Waals surface area contributed by atoms with Gasteiger partial charge >= 0.3 is 0 Å². The number of hydrogen-bond acceptors (Lipinski definition) is 3. The molecule has 3 aromatic rings. The van der Waals surface area contributed by atoms with Crippen molar-refractivity contribution in [2.75, 3.05) is 10.8 Å². The highest BCUT2D eigenvalue weighted by atomic mass is 127. The summed E-state index contributed by atoms with van der Waals surface area (Å²) in [5, 5.41) is 2.88. The number of amides is 1. The molecule has 3 aromatic carbocycles. The van der Waals surface area contributed by atoms with Gasteiger partial charge < -0.3 is 5.32 Å². The van der Waals surface area contributed by atoms with E-state index in [1.54, 1.807) is 30.3 Å². The third-order valence-electron chi connectivity index (χ3n) is 4.41. The molecule has 1 atom stereocenters. The number of rotatable bonds is 7. The van der Waals surface area contributed by atoms with Crippen LogP contribution in [-0.4, -0.2) is 20.9 Å². The molecule has 29 heavy (non-hydrogen) atoms. The average molecular weight is 520 g/mol. The number of nitrogens with one attached hydrogen (secondary N) is 1. The summed E-state index contributed by atoms with van der Waals surface area (Å²) < 4.78 is 28.6. The normalized spacial score (nSPS) is 12.2. The smallest absolute Gasteiger partial charge is 0.264 e. The van der Waals surface area contributed by atoms with Gasteiger partial charge in [-0.2, -0.15) is 0 Å². The van der Waals surface area contributed by atoms with Gasteiger partial charge in [-0.3, -0.25) is 9.10 Å². The minimum Gasteiger partial charge on any atom is -0.348 e. The van der Waals surface area contributed by atoms with Crippen LogP contribution in [0.15, 0.2) is 89.8 Å². The Morgan fingerprint density at radius 1 is 0.931 bits per heavy atom. The van der Waals surface area contributed by atoms with Crippen LogP contribution in [0.1, 0.15) is 18.5 Å². The molecule has 0 spiro atoms. The molecule has 0 aliphatic heterocycles. The predicted molar refractivity (Wildman–Crippen MR) is 123 cm³/mol. The zero-order valence-electron chi connectivity index (χ0n) is 15.8. The van der Waals surface area contributed by atoms with Gasteiger partial charge in [-0.1, -0.05) is 48.5 Å². The van der Waals surface area contributed by atoms with E-state index in [0.29, 0.717) is 5.69 Å². The number of sulfonamides is 1. The van der Waals surface area contributed by atoms with Gasteiger partial charge in [0.1, 0.15) is 6.54 Å². The van der Waals surface area contributed by atoms with Crippen LogP contribution in [0.2, 0.25) is 0 Å². The van der Waals surface area contributed by atoms with Crippen molar-refractivity contribution < 1.29 is 13.2 Å². The van der Waals surface area contributed by atoms with Crippen molar-refractivity contribution in [1.29, 1.82) is 0 Å². The van der Waals surface area contributed by atoms with Crippen LogP contribution < -0.4 is 9.62 Å².